The van der Waals surface area contributed by atoms with Crippen molar-refractivity contribution in [2.75, 3.05) is 19.0 Å². The lowest BCUT2D eigenvalue weighted by atomic mass is 9.95. The summed E-state index contributed by atoms with van der Waals surface area (Å²) in [6.45, 7) is 3.52. The van der Waals surface area contributed by atoms with Crippen LogP contribution in [0.5, 0.6) is 11.5 Å². The number of hydrogen-bond acceptors (Lipinski definition) is 4. The number of hydrogen-bond donors (Lipinski definition) is 2. The number of carbonyl (C=O) groups is 2. The van der Waals surface area contributed by atoms with Gasteiger partial charge in [-0.2, -0.15) is 0 Å². The number of allylic oxidation sites excluding steroid dienone is 1. The molecule has 32 heavy (non-hydrogen) atoms. The minimum absolute atomic E-state index is 0.173. The summed E-state index contributed by atoms with van der Waals surface area (Å²) in [6.07, 6.45) is 7.93. The van der Waals surface area contributed by atoms with E-state index in [0.717, 1.165) is 31.2 Å². The van der Waals surface area contributed by atoms with Gasteiger partial charge in [0, 0.05) is 11.7 Å². The molecule has 2 amide bonds. The number of halogens is 1. The Hall–Kier alpha value is -2.99. The van der Waals surface area contributed by atoms with Crippen LogP contribution in [0.1, 0.15) is 48.0 Å². The lowest BCUT2D eigenvalue weighted by Gasteiger charge is -2.23. The number of benzene rings is 2. The first-order valence-corrected chi connectivity index (χ1v) is 11.2. The fourth-order valence-electron chi connectivity index (χ4n) is 3.75. The Morgan fingerprint density at radius 1 is 1.12 bits per heavy atom. The molecule has 0 aliphatic heterocycles. The van der Waals surface area contributed by atoms with Gasteiger partial charge in [-0.15, -0.1) is 6.58 Å². The summed E-state index contributed by atoms with van der Waals surface area (Å²) >= 11 is 6.24. The maximum Gasteiger partial charge on any atom is 0.262 e. The number of anilines is 1. The van der Waals surface area contributed by atoms with Gasteiger partial charge in [-0.05, 0) is 55.2 Å². The van der Waals surface area contributed by atoms with E-state index in [4.69, 9.17) is 21.1 Å². The number of carbonyl (C=O) groups excluding carboxylic acids is 2. The van der Waals surface area contributed by atoms with Gasteiger partial charge in [0.2, 0.25) is 0 Å². The summed E-state index contributed by atoms with van der Waals surface area (Å²) in [5.74, 6) is 0.436. The van der Waals surface area contributed by atoms with Gasteiger partial charge in [-0.3, -0.25) is 9.59 Å². The summed E-state index contributed by atoms with van der Waals surface area (Å²) in [5, 5.41) is 6.14. The number of amides is 2. The summed E-state index contributed by atoms with van der Waals surface area (Å²) in [4.78, 5) is 25.1. The molecule has 3 rings (SSSR count). The van der Waals surface area contributed by atoms with Crippen molar-refractivity contribution >= 4 is 29.1 Å². The van der Waals surface area contributed by atoms with Crippen LogP contribution in [-0.2, 0) is 11.2 Å². The highest BCUT2D eigenvalue weighted by Crippen LogP contribution is 2.28. The molecule has 7 heteroatoms. The Bertz CT molecular complexity index is 970. The largest absolute Gasteiger partial charge is 0.493 e. The van der Waals surface area contributed by atoms with Gasteiger partial charge in [0.25, 0.3) is 11.8 Å². The summed E-state index contributed by atoms with van der Waals surface area (Å²) < 4.78 is 11.0. The second kappa shape index (κ2) is 11.6. The molecule has 2 N–H and O–H groups in total. The van der Waals surface area contributed by atoms with Crippen LogP contribution >= 0.6 is 11.6 Å². The predicted molar refractivity (Wildman–Crippen MR) is 127 cm³/mol. The number of nitrogens with one attached hydrogen (secondary N) is 2. The van der Waals surface area contributed by atoms with Gasteiger partial charge in [-0.25, -0.2) is 0 Å². The van der Waals surface area contributed by atoms with E-state index in [-0.39, 0.29) is 24.5 Å². The molecule has 2 aromatic carbocycles. The highest BCUT2D eigenvalue weighted by atomic mass is 35.5. The molecule has 0 bridgehead atoms. The van der Waals surface area contributed by atoms with Crippen molar-refractivity contribution in [1.82, 2.24) is 5.32 Å². The Kier molecular flexibility index (Phi) is 8.56. The molecular formula is C25H29ClN2O4. The molecule has 1 aliphatic rings. The number of rotatable bonds is 9. The van der Waals surface area contributed by atoms with E-state index in [1.54, 1.807) is 37.5 Å². The second-order valence-corrected chi connectivity index (χ2v) is 8.23. The molecule has 1 fully saturated rings. The molecule has 0 aromatic heterocycles. The van der Waals surface area contributed by atoms with Crippen LogP contribution in [-0.4, -0.2) is 31.6 Å². The fourth-order valence-corrected chi connectivity index (χ4v) is 3.96. The van der Waals surface area contributed by atoms with Gasteiger partial charge in [-0.1, -0.05) is 43.0 Å². The quantitative estimate of drug-likeness (QED) is 0.511. The van der Waals surface area contributed by atoms with E-state index in [1.165, 1.54) is 6.42 Å². The van der Waals surface area contributed by atoms with Crippen LogP contribution < -0.4 is 20.1 Å². The van der Waals surface area contributed by atoms with Crippen molar-refractivity contribution < 1.29 is 19.1 Å². The van der Waals surface area contributed by atoms with Gasteiger partial charge in [0.15, 0.2) is 18.1 Å². The Morgan fingerprint density at radius 2 is 1.91 bits per heavy atom. The molecule has 0 spiro atoms. The zero-order valence-corrected chi connectivity index (χ0v) is 19.0. The fraction of sp³-hybridized carbons (Fsp3) is 0.360. The minimum Gasteiger partial charge on any atom is -0.493 e. The molecule has 0 heterocycles. The lowest BCUT2D eigenvalue weighted by Crippen LogP contribution is -2.36. The molecular weight excluding hydrogens is 428 g/mol. The Labute approximate surface area is 193 Å². The highest BCUT2D eigenvalue weighted by Gasteiger charge is 2.19. The Morgan fingerprint density at radius 3 is 2.62 bits per heavy atom. The third-order valence-electron chi connectivity index (χ3n) is 5.40. The zero-order chi connectivity index (χ0) is 22.9. The van der Waals surface area contributed by atoms with Gasteiger partial charge in [0.05, 0.1) is 17.7 Å². The molecule has 0 radical (unpaired) electrons. The van der Waals surface area contributed by atoms with Crippen LogP contribution in [0.4, 0.5) is 5.69 Å². The highest BCUT2D eigenvalue weighted by molar-refractivity contribution is 6.34. The van der Waals surface area contributed by atoms with Crippen molar-refractivity contribution in [2.24, 2.45) is 0 Å². The topological polar surface area (TPSA) is 76.7 Å². The standard InChI is InChI=1S/C25H29ClN2O4/c1-3-7-17-10-13-22(23(14-17)31-2)32-16-24(29)27-19-11-12-21(26)20(15-19)25(30)28-18-8-5-4-6-9-18/h3,10-15,18H,1,4-9,16H2,2H3,(H,27,29)(H,28,30). The van der Waals surface area contributed by atoms with Crippen LogP contribution in [0, 0.1) is 0 Å². The van der Waals surface area contributed by atoms with Crippen LogP contribution in [0.2, 0.25) is 5.02 Å². The average Bonchev–Trinajstić information content (AvgIpc) is 2.80. The van der Waals surface area contributed by atoms with Crippen LogP contribution in [0.3, 0.4) is 0 Å². The van der Waals surface area contributed by atoms with E-state index in [9.17, 15) is 9.59 Å². The van der Waals surface area contributed by atoms with Gasteiger partial charge >= 0.3 is 0 Å². The van der Waals surface area contributed by atoms with Crippen molar-refractivity contribution in [3.63, 3.8) is 0 Å². The predicted octanol–water partition coefficient (Wildman–Crippen LogP) is 5.16. The molecule has 1 aliphatic carbocycles. The first kappa shape index (κ1) is 23.7. The number of methoxy groups -OCH3 is 1. The molecule has 6 nitrogen and oxygen atoms in total. The minimum atomic E-state index is -0.358. The van der Waals surface area contributed by atoms with Crippen molar-refractivity contribution in [3.8, 4) is 11.5 Å². The van der Waals surface area contributed by atoms with E-state index >= 15 is 0 Å². The van der Waals surface area contributed by atoms with E-state index in [2.05, 4.69) is 17.2 Å². The summed E-state index contributed by atoms with van der Waals surface area (Å²) in [5.41, 5.74) is 1.86. The van der Waals surface area contributed by atoms with Crippen molar-refractivity contribution in [3.05, 3.63) is 65.2 Å². The third-order valence-corrected chi connectivity index (χ3v) is 5.73. The SMILES string of the molecule is C=CCc1ccc(OCC(=O)Nc2ccc(Cl)c(C(=O)NC3CCCCC3)c2)c(OC)c1. The molecule has 170 valence electrons. The molecule has 0 atom stereocenters. The zero-order valence-electron chi connectivity index (χ0n) is 18.3. The van der Waals surface area contributed by atoms with Gasteiger partial charge < -0.3 is 20.1 Å². The molecule has 0 unspecified atom stereocenters. The Balaban J connectivity index is 1.59. The van der Waals surface area contributed by atoms with E-state index in [0.29, 0.717) is 34.2 Å². The summed E-state index contributed by atoms with van der Waals surface area (Å²) in [6, 6.07) is 10.5. The normalized spacial score (nSPS) is 13.8. The maximum atomic E-state index is 12.7. The lowest BCUT2D eigenvalue weighted by molar-refractivity contribution is -0.118. The average molecular weight is 457 g/mol. The molecule has 1 saturated carbocycles. The van der Waals surface area contributed by atoms with Crippen LogP contribution in [0.15, 0.2) is 49.1 Å². The maximum absolute atomic E-state index is 12.7. The second-order valence-electron chi connectivity index (χ2n) is 7.82. The molecule has 2 aromatic rings. The van der Waals surface area contributed by atoms with Crippen LogP contribution in [0.25, 0.3) is 0 Å². The third kappa shape index (κ3) is 6.50. The molecule has 0 saturated heterocycles. The van der Waals surface area contributed by atoms with Gasteiger partial charge in [0.1, 0.15) is 0 Å². The number of ether oxygens (including phenoxy) is 2. The monoisotopic (exact) mass is 456 g/mol. The van der Waals surface area contributed by atoms with Crippen molar-refractivity contribution in [2.45, 2.75) is 44.6 Å². The first-order chi connectivity index (χ1) is 15.5. The van der Waals surface area contributed by atoms with E-state index < -0.39 is 0 Å². The summed E-state index contributed by atoms with van der Waals surface area (Å²) in [7, 11) is 1.55. The van der Waals surface area contributed by atoms with E-state index in [1.807, 2.05) is 12.1 Å². The van der Waals surface area contributed by atoms with Crippen molar-refractivity contribution in [1.29, 1.82) is 0 Å². The smallest absolute Gasteiger partial charge is 0.262 e. The first-order valence-electron chi connectivity index (χ1n) is 10.8.